The number of benzene rings is 2. The van der Waals surface area contributed by atoms with Crippen molar-refractivity contribution in [1.29, 1.82) is 0 Å². The van der Waals surface area contributed by atoms with Gasteiger partial charge < -0.3 is 21.3 Å². The third-order valence-electron chi connectivity index (χ3n) is 6.34. The van der Waals surface area contributed by atoms with E-state index in [2.05, 4.69) is 31.2 Å². The minimum atomic E-state index is -0.983. The molecule has 4 rings (SSSR count). The van der Waals surface area contributed by atoms with Gasteiger partial charge in [0.25, 0.3) is 0 Å². The first-order valence-corrected chi connectivity index (χ1v) is 13.4. The maximum atomic E-state index is 13.2. The van der Waals surface area contributed by atoms with Crippen LogP contribution in [-0.4, -0.2) is 65.2 Å². The van der Waals surface area contributed by atoms with Gasteiger partial charge in [-0.15, -0.1) is 0 Å². The second kappa shape index (κ2) is 12.6. The first-order valence-electron chi connectivity index (χ1n) is 12.4. The number of fused-ring (bicyclic) bond motifs is 1. The Kier molecular flexibility index (Phi) is 9.08. The van der Waals surface area contributed by atoms with Crippen LogP contribution in [-0.2, 0) is 20.8 Å². The second-order valence-corrected chi connectivity index (χ2v) is 10.0. The average molecular weight is 521 g/mol. The number of aromatic nitrogens is 2. The van der Waals surface area contributed by atoms with Crippen LogP contribution in [0.2, 0.25) is 0 Å². The van der Waals surface area contributed by atoms with Gasteiger partial charge in [0, 0.05) is 25.0 Å². The lowest BCUT2D eigenvalue weighted by Crippen LogP contribution is -2.63. The van der Waals surface area contributed by atoms with Gasteiger partial charge in [0.1, 0.15) is 5.54 Å². The number of carbonyl (C=O) groups is 3. The molecule has 1 saturated heterocycles. The van der Waals surface area contributed by atoms with Crippen molar-refractivity contribution in [2.45, 2.75) is 36.9 Å². The maximum Gasteiger partial charge on any atom is 0.245 e. The van der Waals surface area contributed by atoms with Crippen LogP contribution in [0.4, 0.5) is 0 Å². The molecular formula is C27H32N6O3S. The van der Waals surface area contributed by atoms with E-state index in [4.69, 9.17) is 0 Å². The van der Waals surface area contributed by atoms with Gasteiger partial charge in [-0.25, -0.2) is 9.97 Å². The van der Waals surface area contributed by atoms with E-state index in [0.717, 1.165) is 22.0 Å². The van der Waals surface area contributed by atoms with Crippen molar-refractivity contribution in [3.05, 3.63) is 66.0 Å². The van der Waals surface area contributed by atoms with Crippen molar-refractivity contribution in [3.63, 3.8) is 0 Å². The van der Waals surface area contributed by atoms with Crippen molar-refractivity contribution >= 4 is 40.3 Å². The number of piperidine rings is 1. The third-order valence-corrected chi connectivity index (χ3v) is 7.20. The normalized spacial score (nSPS) is 14.6. The molecule has 1 fully saturated rings. The Morgan fingerprint density at radius 1 is 0.973 bits per heavy atom. The van der Waals surface area contributed by atoms with Crippen LogP contribution in [0.25, 0.3) is 10.8 Å². The highest BCUT2D eigenvalue weighted by atomic mass is 32.2. The van der Waals surface area contributed by atoms with Crippen molar-refractivity contribution < 1.29 is 14.4 Å². The van der Waals surface area contributed by atoms with Gasteiger partial charge in [-0.2, -0.15) is 0 Å². The van der Waals surface area contributed by atoms with Gasteiger partial charge in [0.2, 0.25) is 17.7 Å². The predicted octanol–water partition coefficient (Wildman–Crippen LogP) is 1.74. The molecule has 194 valence electrons. The summed E-state index contributed by atoms with van der Waals surface area (Å²) in [4.78, 5) is 46.9. The molecule has 0 radical (unpaired) electrons. The summed E-state index contributed by atoms with van der Waals surface area (Å²) in [5.41, 5.74) is 0.810. The zero-order valence-electron chi connectivity index (χ0n) is 20.9. The molecule has 0 saturated carbocycles. The molecular weight excluding hydrogens is 488 g/mol. The molecule has 0 unspecified atom stereocenters. The molecule has 2 aromatic carbocycles. The molecule has 2 heterocycles. The van der Waals surface area contributed by atoms with Crippen LogP contribution in [0.5, 0.6) is 0 Å². The SMILES string of the molecule is Cc1ccnc(SCC(=O)NC2(C(=O)NCCNC(=O)Cc3cccc4ccccc34)CCNCC2)n1. The molecule has 9 nitrogen and oxygen atoms in total. The minimum absolute atomic E-state index is 0.106. The summed E-state index contributed by atoms with van der Waals surface area (Å²) in [6.45, 7) is 3.70. The molecule has 0 atom stereocenters. The maximum absolute atomic E-state index is 13.2. The van der Waals surface area contributed by atoms with Crippen LogP contribution in [0, 0.1) is 6.92 Å². The number of aryl methyl sites for hydroxylation is 1. The molecule has 10 heteroatoms. The number of thioether (sulfide) groups is 1. The zero-order chi connectivity index (χ0) is 26.1. The monoisotopic (exact) mass is 520 g/mol. The molecule has 1 aliphatic rings. The smallest absolute Gasteiger partial charge is 0.245 e. The fraction of sp³-hybridized carbons (Fsp3) is 0.370. The fourth-order valence-electron chi connectivity index (χ4n) is 4.42. The summed E-state index contributed by atoms with van der Waals surface area (Å²) in [6, 6.07) is 15.7. The van der Waals surface area contributed by atoms with Crippen LogP contribution in [0.1, 0.15) is 24.1 Å². The zero-order valence-corrected chi connectivity index (χ0v) is 21.7. The number of rotatable bonds is 10. The van der Waals surface area contributed by atoms with E-state index in [0.29, 0.717) is 37.6 Å². The summed E-state index contributed by atoms with van der Waals surface area (Å²) < 4.78 is 0. The van der Waals surface area contributed by atoms with Gasteiger partial charge in [-0.1, -0.05) is 54.2 Å². The topological polar surface area (TPSA) is 125 Å². The molecule has 1 aromatic heterocycles. The lowest BCUT2D eigenvalue weighted by Gasteiger charge is -2.37. The Morgan fingerprint density at radius 3 is 2.54 bits per heavy atom. The lowest BCUT2D eigenvalue weighted by molar-refractivity contribution is -0.133. The number of hydrogen-bond acceptors (Lipinski definition) is 7. The quantitative estimate of drug-likeness (QED) is 0.182. The molecule has 1 aliphatic heterocycles. The van der Waals surface area contributed by atoms with Crippen LogP contribution in [0.15, 0.2) is 59.9 Å². The van der Waals surface area contributed by atoms with Crippen LogP contribution in [0.3, 0.4) is 0 Å². The van der Waals surface area contributed by atoms with Crippen LogP contribution >= 0.6 is 11.8 Å². The van der Waals surface area contributed by atoms with E-state index in [1.165, 1.54) is 11.8 Å². The van der Waals surface area contributed by atoms with E-state index < -0.39 is 5.54 Å². The first kappa shape index (κ1) is 26.6. The summed E-state index contributed by atoms with van der Waals surface area (Å²) in [5, 5.41) is 14.7. The molecule has 4 N–H and O–H groups in total. The van der Waals surface area contributed by atoms with Crippen molar-refractivity contribution in [3.8, 4) is 0 Å². The largest absolute Gasteiger partial charge is 0.354 e. The van der Waals surface area contributed by atoms with E-state index in [-0.39, 0.29) is 36.4 Å². The van der Waals surface area contributed by atoms with Gasteiger partial charge in [-0.05, 0) is 55.3 Å². The Balaban J connectivity index is 1.25. The average Bonchev–Trinajstić information content (AvgIpc) is 2.90. The first-order chi connectivity index (χ1) is 17.9. The Hall–Kier alpha value is -3.50. The highest BCUT2D eigenvalue weighted by molar-refractivity contribution is 7.99. The molecule has 3 aromatic rings. The number of nitrogens with one attached hydrogen (secondary N) is 4. The number of nitrogens with zero attached hydrogens (tertiary/aromatic N) is 2. The number of amides is 3. The van der Waals surface area contributed by atoms with Gasteiger partial charge in [-0.3, -0.25) is 14.4 Å². The van der Waals surface area contributed by atoms with Crippen molar-refractivity contribution in [1.82, 2.24) is 31.2 Å². The molecule has 0 spiro atoms. The number of carbonyl (C=O) groups excluding carboxylic acids is 3. The molecule has 0 bridgehead atoms. The van der Waals surface area contributed by atoms with Gasteiger partial charge in [0.15, 0.2) is 5.16 Å². The van der Waals surface area contributed by atoms with Gasteiger partial charge >= 0.3 is 0 Å². The van der Waals surface area contributed by atoms with E-state index >= 15 is 0 Å². The number of hydrogen-bond donors (Lipinski definition) is 4. The summed E-state index contributed by atoms with van der Waals surface area (Å²) >= 11 is 1.24. The second-order valence-electron chi connectivity index (χ2n) is 9.07. The van der Waals surface area contributed by atoms with Crippen molar-refractivity contribution in [2.24, 2.45) is 0 Å². The standard InChI is InChI=1S/C27H32N6O3S/c1-19-9-12-31-26(32-19)37-18-24(35)33-27(10-13-28-14-11-27)25(36)30-16-15-29-23(34)17-21-7-4-6-20-5-2-3-8-22(20)21/h2-9,12,28H,10-11,13-18H2,1H3,(H,29,34)(H,30,36)(H,33,35). The van der Waals surface area contributed by atoms with E-state index in [9.17, 15) is 14.4 Å². The lowest BCUT2D eigenvalue weighted by atomic mass is 9.87. The minimum Gasteiger partial charge on any atom is -0.354 e. The molecule has 37 heavy (non-hydrogen) atoms. The fourth-order valence-corrected chi connectivity index (χ4v) is 5.10. The summed E-state index contributed by atoms with van der Waals surface area (Å²) in [5.74, 6) is -0.459. The van der Waals surface area contributed by atoms with Crippen molar-refractivity contribution in [2.75, 3.05) is 31.9 Å². The molecule has 0 aliphatic carbocycles. The van der Waals surface area contributed by atoms with Crippen LogP contribution < -0.4 is 21.3 Å². The highest BCUT2D eigenvalue weighted by Gasteiger charge is 2.40. The Bertz CT molecular complexity index is 1260. The molecule has 3 amide bonds. The van der Waals surface area contributed by atoms with E-state index in [1.54, 1.807) is 12.3 Å². The third kappa shape index (κ3) is 7.27. The van der Waals surface area contributed by atoms with E-state index in [1.807, 2.05) is 49.4 Å². The highest BCUT2D eigenvalue weighted by Crippen LogP contribution is 2.21. The summed E-state index contributed by atoms with van der Waals surface area (Å²) in [6.07, 6.45) is 2.90. The predicted molar refractivity (Wildman–Crippen MR) is 144 cm³/mol. The Labute approximate surface area is 220 Å². The van der Waals surface area contributed by atoms with Gasteiger partial charge in [0.05, 0.1) is 12.2 Å². The Morgan fingerprint density at radius 2 is 1.73 bits per heavy atom. The summed E-state index contributed by atoms with van der Waals surface area (Å²) in [7, 11) is 0.